The summed E-state index contributed by atoms with van der Waals surface area (Å²) in [4.78, 5) is 22.8. The number of nitrogens with one attached hydrogen (secondary N) is 1. The molecule has 0 radical (unpaired) electrons. The predicted octanol–water partition coefficient (Wildman–Crippen LogP) is 6.53. The van der Waals surface area contributed by atoms with E-state index in [0.29, 0.717) is 5.75 Å². The topological polar surface area (TPSA) is 54.5 Å². The van der Waals surface area contributed by atoms with Crippen molar-refractivity contribution in [1.29, 1.82) is 0 Å². The number of aromatic nitrogens is 1. The zero-order chi connectivity index (χ0) is 23.5. The fraction of sp³-hybridized carbons (Fsp3) is 0.308. The number of carbonyl (C=O) groups excluding carboxylic acids is 1. The van der Waals surface area contributed by atoms with Gasteiger partial charge in [-0.2, -0.15) is 0 Å². The molecule has 2 aromatic carbocycles. The largest absolute Gasteiger partial charge is 0.497 e. The van der Waals surface area contributed by atoms with E-state index in [9.17, 15) is 4.79 Å². The molecule has 1 aliphatic heterocycles. The van der Waals surface area contributed by atoms with Crippen molar-refractivity contribution in [2.75, 3.05) is 31.3 Å². The van der Waals surface area contributed by atoms with Crippen LogP contribution in [-0.4, -0.2) is 41.7 Å². The summed E-state index contributed by atoms with van der Waals surface area (Å²) in [5, 5.41) is 5.17. The van der Waals surface area contributed by atoms with Gasteiger partial charge < -0.3 is 10.1 Å². The zero-order valence-electron chi connectivity index (χ0n) is 19.3. The molecule has 34 heavy (non-hydrogen) atoms. The molecule has 5 rings (SSSR count). The Morgan fingerprint density at radius 2 is 2.00 bits per heavy atom. The van der Waals surface area contributed by atoms with E-state index in [4.69, 9.17) is 9.72 Å². The number of benzene rings is 2. The van der Waals surface area contributed by atoms with Gasteiger partial charge in [-0.05, 0) is 61.3 Å². The highest BCUT2D eigenvalue weighted by atomic mass is 32.2. The molecular formula is C26H27N3O2S3. The van der Waals surface area contributed by atoms with Crippen LogP contribution in [-0.2, 0) is 17.8 Å². The number of hydrogen-bond acceptors (Lipinski definition) is 7. The first-order valence-electron chi connectivity index (χ1n) is 11.4. The van der Waals surface area contributed by atoms with Crippen LogP contribution in [0.2, 0.25) is 0 Å². The van der Waals surface area contributed by atoms with E-state index in [1.165, 1.54) is 26.9 Å². The molecule has 0 spiro atoms. The minimum atomic E-state index is 0.00666. The summed E-state index contributed by atoms with van der Waals surface area (Å²) in [6, 6.07) is 16.0. The number of anilines is 1. The summed E-state index contributed by atoms with van der Waals surface area (Å²) in [7, 11) is 1.65. The van der Waals surface area contributed by atoms with Gasteiger partial charge in [-0.15, -0.1) is 34.4 Å². The average Bonchev–Trinajstić information content (AvgIpc) is 3.43. The van der Waals surface area contributed by atoms with E-state index >= 15 is 0 Å². The number of nitrogens with zero attached hydrogens (tertiary/aromatic N) is 2. The minimum absolute atomic E-state index is 0.00666. The summed E-state index contributed by atoms with van der Waals surface area (Å²) in [5.41, 5.74) is 3.49. The van der Waals surface area contributed by atoms with Crippen molar-refractivity contribution in [2.45, 2.75) is 31.2 Å². The molecule has 1 aliphatic rings. The van der Waals surface area contributed by atoms with E-state index in [1.807, 2.05) is 30.3 Å². The molecule has 5 nitrogen and oxygen atoms in total. The molecule has 1 N–H and O–H groups in total. The second-order valence-electron chi connectivity index (χ2n) is 8.23. The van der Waals surface area contributed by atoms with E-state index in [1.54, 1.807) is 29.8 Å². The van der Waals surface area contributed by atoms with E-state index in [0.717, 1.165) is 64.2 Å². The lowest BCUT2D eigenvalue weighted by atomic mass is 10.0. The van der Waals surface area contributed by atoms with Gasteiger partial charge in [0, 0.05) is 28.4 Å². The van der Waals surface area contributed by atoms with Crippen molar-refractivity contribution in [3.63, 3.8) is 0 Å². The van der Waals surface area contributed by atoms with Gasteiger partial charge in [0.05, 0.1) is 23.1 Å². The minimum Gasteiger partial charge on any atom is -0.497 e. The van der Waals surface area contributed by atoms with Gasteiger partial charge in [0.15, 0.2) is 0 Å². The second-order valence-corrected chi connectivity index (χ2v) is 11.4. The number of thioether (sulfide) groups is 1. The fourth-order valence-electron chi connectivity index (χ4n) is 4.24. The highest BCUT2D eigenvalue weighted by Gasteiger charge is 2.27. The summed E-state index contributed by atoms with van der Waals surface area (Å²) in [6.45, 7) is 5.33. The summed E-state index contributed by atoms with van der Waals surface area (Å²) < 4.78 is 6.39. The molecule has 0 saturated heterocycles. The lowest BCUT2D eigenvalue weighted by Gasteiger charge is -2.26. The highest BCUT2D eigenvalue weighted by molar-refractivity contribution is 8.00. The number of thiophene rings is 1. The fourth-order valence-corrected chi connectivity index (χ4v) is 7.36. The van der Waals surface area contributed by atoms with Gasteiger partial charge >= 0.3 is 0 Å². The average molecular weight is 510 g/mol. The van der Waals surface area contributed by atoms with Crippen molar-refractivity contribution in [1.82, 2.24) is 9.88 Å². The molecule has 1 amide bonds. The van der Waals surface area contributed by atoms with Crippen LogP contribution in [0, 0.1) is 0 Å². The van der Waals surface area contributed by atoms with Gasteiger partial charge in [-0.25, -0.2) is 4.98 Å². The van der Waals surface area contributed by atoms with Gasteiger partial charge in [0.1, 0.15) is 15.8 Å². The highest BCUT2D eigenvalue weighted by Crippen LogP contribution is 2.45. The first-order chi connectivity index (χ1) is 16.6. The van der Waals surface area contributed by atoms with Crippen molar-refractivity contribution in [2.24, 2.45) is 0 Å². The van der Waals surface area contributed by atoms with Crippen LogP contribution >= 0.6 is 34.4 Å². The van der Waals surface area contributed by atoms with Crippen LogP contribution in [0.3, 0.4) is 0 Å². The van der Waals surface area contributed by atoms with Crippen LogP contribution in [0.15, 0.2) is 53.4 Å². The first-order valence-corrected chi connectivity index (χ1v) is 14.1. The smallest absolute Gasteiger partial charge is 0.235 e. The quantitative estimate of drug-likeness (QED) is 0.274. The Kier molecular flexibility index (Phi) is 7.20. The third-order valence-electron chi connectivity index (χ3n) is 5.87. The zero-order valence-corrected chi connectivity index (χ0v) is 21.7. The second kappa shape index (κ2) is 10.5. The lowest BCUT2D eigenvalue weighted by Crippen LogP contribution is -2.30. The molecule has 3 heterocycles. The van der Waals surface area contributed by atoms with Gasteiger partial charge in [-0.3, -0.25) is 9.69 Å². The van der Waals surface area contributed by atoms with Crippen LogP contribution < -0.4 is 10.1 Å². The number of hydrogen-bond donors (Lipinski definition) is 1. The van der Waals surface area contributed by atoms with E-state index in [-0.39, 0.29) is 5.91 Å². The third kappa shape index (κ3) is 5.00. The van der Waals surface area contributed by atoms with Crippen molar-refractivity contribution < 1.29 is 9.53 Å². The molecule has 0 fully saturated rings. The summed E-state index contributed by atoms with van der Waals surface area (Å²) >= 11 is 4.96. The normalized spacial score (nSPS) is 13.7. The van der Waals surface area contributed by atoms with Gasteiger partial charge in [-0.1, -0.05) is 19.1 Å². The maximum atomic E-state index is 13.0. The molecule has 176 valence electrons. The Balaban J connectivity index is 1.40. The number of carbonyl (C=O) groups is 1. The molecule has 0 aliphatic carbocycles. The van der Waals surface area contributed by atoms with Crippen LogP contribution in [0.4, 0.5) is 5.00 Å². The maximum absolute atomic E-state index is 13.0. The van der Waals surface area contributed by atoms with Crippen molar-refractivity contribution >= 4 is 55.6 Å². The van der Waals surface area contributed by atoms with Crippen molar-refractivity contribution in [3.8, 4) is 16.3 Å². The number of fused-ring (bicyclic) bond motifs is 2. The Bertz CT molecular complexity index is 1260. The molecule has 0 saturated carbocycles. The molecule has 2 aromatic heterocycles. The lowest BCUT2D eigenvalue weighted by molar-refractivity contribution is -0.113. The van der Waals surface area contributed by atoms with E-state index in [2.05, 4.69) is 35.3 Å². The molecular weight excluding hydrogens is 483 g/mol. The van der Waals surface area contributed by atoms with Gasteiger partial charge in [0.25, 0.3) is 0 Å². The number of rotatable bonds is 8. The number of methoxy groups -OCH3 is 1. The summed E-state index contributed by atoms with van der Waals surface area (Å²) in [5.74, 6) is 1.18. The number of amides is 1. The van der Waals surface area contributed by atoms with Crippen LogP contribution in [0.25, 0.3) is 20.8 Å². The SMILES string of the molecule is CCCN1CCc2c(sc(NC(=O)CSc3ccc(OC)cc3)c2-c2nc3ccccc3s2)C1. The number of para-hydroxylation sites is 1. The first kappa shape index (κ1) is 23.4. The number of ether oxygens (including phenoxy) is 1. The standard InChI is InChI=1S/C26H27N3O2S3/c1-3-13-29-14-12-19-22(15-29)34-26(24(19)25-27-20-6-4-5-7-21(20)33-25)28-23(30)16-32-18-10-8-17(31-2)9-11-18/h4-11H,3,12-16H2,1-2H3,(H,28,30). The van der Waals surface area contributed by atoms with Crippen LogP contribution in [0.1, 0.15) is 23.8 Å². The Morgan fingerprint density at radius 3 is 2.76 bits per heavy atom. The molecule has 8 heteroatoms. The molecule has 0 bridgehead atoms. The number of thiazole rings is 1. The summed E-state index contributed by atoms with van der Waals surface area (Å²) in [6.07, 6.45) is 2.14. The Morgan fingerprint density at radius 1 is 1.18 bits per heavy atom. The monoisotopic (exact) mass is 509 g/mol. The third-order valence-corrected chi connectivity index (χ3v) is 9.06. The Labute approximate surface area is 212 Å². The van der Waals surface area contributed by atoms with Crippen LogP contribution in [0.5, 0.6) is 5.75 Å². The molecule has 0 atom stereocenters. The molecule has 4 aromatic rings. The predicted molar refractivity (Wildman–Crippen MR) is 145 cm³/mol. The molecule has 0 unspecified atom stereocenters. The van der Waals surface area contributed by atoms with E-state index < -0.39 is 0 Å². The van der Waals surface area contributed by atoms with Crippen molar-refractivity contribution in [3.05, 3.63) is 59.0 Å². The Hall–Kier alpha value is -2.39. The van der Waals surface area contributed by atoms with Gasteiger partial charge in [0.2, 0.25) is 5.91 Å². The maximum Gasteiger partial charge on any atom is 0.235 e.